The van der Waals surface area contributed by atoms with Crippen molar-refractivity contribution in [2.75, 3.05) is 27.2 Å². The Kier molecular flexibility index (Phi) is 3.45. The molecule has 5 nitrogen and oxygen atoms in total. The van der Waals surface area contributed by atoms with Crippen LogP contribution >= 0.6 is 0 Å². The van der Waals surface area contributed by atoms with Crippen LogP contribution in [0.1, 0.15) is 20.3 Å². The van der Waals surface area contributed by atoms with E-state index in [1.165, 1.54) is 22.7 Å². The zero-order chi connectivity index (χ0) is 11.9. The number of aliphatic hydroxyl groups is 1. The molecule has 1 heterocycles. The largest absolute Gasteiger partial charge is 0.392 e. The minimum atomic E-state index is -3.34. The Morgan fingerprint density at radius 3 is 2.33 bits per heavy atom. The zero-order valence-corrected chi connectivity index (χ0v) is 10.6. The van der Waals surface area contributed by atoms with E-state index in [0.29, 0.717) is 19.5 Å². The Morgan fingerprint density at radius 1 is 1.40 bits per heavy atom. The van der Waals surface area contributed by atoms with Gasteiger partial charge < -0.3 is 5.11 Å². The van der Waals surface area contributed by atoms with E-state index >= 15 is 0 Å². The number of aliphatic hydroxyl groups excluding tert-OH is 1. The first-order chi connectivity index (χ1) is 6.68. The molecule has 0 amide bonds. The first-order valence-electron chi connectivity index (χ1n) is 5.03. The van der Waals surface area contributed by atoms with E-state index in [1.807, 2.05) is 13.8 Å². The Hall–Kier alpha value is -0.170. The molecule has 0 saturated carbocycles. The number of hydrogen-bond acceptors (Lipinski definition) is 3. The van der Waals surface area contributed by atoms with Crippen LogP contribution in [0.15, 0.2) is 0 Å². The summed E-state index contributed by atoms with van der Waals surface area (Å²) in [5.74, 6) is 0. The molecule has 1 atom stereocenters. The van der Waals surface area contributed by atoms with Gasteiger partial charge in [-0.25, -0.2) is 0 Å². The average molecular weight is 236 g/mol. The molecule has 0 spiro atoms. The third-order valence-electron chi connectivity index (χ3n) is 2.93. The highest BCUT2D eigenvalue weighted by Crippen LogP contribution is 2.30. The molecule has 15 heavy (non-hydrogen) atoms. The van der Waals surface area contributed by atoms with Crippen LogP contribution in [0.3, 0.4) is 0 Å². The highest BCUT2D eigenvalue weighted by atomic mass is 32.2. The van der Waals surface area contributed by atoms with Crippen molar-refractivity contribution in [1.82, 2.24) is 8.61 Å². The molecule has 0 radical (unpaired) electrons. The summed E-state index contributed by atoms with van der Waals surface area (Å²) in [6.07, 6.45) is 0.0752. The van der Waals surface area contributed by atoms with Crippen LogP contribution in [-0.2, 0) is 10.2 Å². The van der Waals surface area contributed by atoms with Crippen LogP contribution in [-0.4, -0.2) is 55.4 Å². The van der Waals surface area contributed by atoms with Gasteiger partial charge in [0.2, 0.25) is 0 Å². The van der Waals surface area contributed by atoms with Gasteiger partial charge in [0, 0.05) is 32.6 Å². The SMILES string of the molecule is CN(C)S(=O)(=O)N1CCC(O)C(C)(C)C1. The normalized spacial score (nSPS) is 28.3. The Labute approximate surface area is 91.9 Å². The number of hydrogen-bond donors (Lipinski definition) is 1. The average Bonchev–Trinajstić information content (AvgIpc) is 2.09. The second-order valence-electron chi connectivity index (χ2n) is 4.92. The third-order valence-corrected chi connectivity index (χ3v) is 4.81. The van der Waals surface area contributed by atoms with Gasteiger partial charge in [-0.05, 0) is 6.42 Å². The van der Waals surface area contributed by atoms with Gasteiger partial charge in [0.15, 0.2) is 0 Å². The van der Waals surface area contributed by atoms with Crippen LogP contribution in [0.4, 0.5) is 0 Å². The summed E-state index contributed by atoms with van der Waals surface area (Å²) in [6, 6.07) is 0. The van der Waals surface area contributed by atoms with E-state index in [4.69, 9.17) is 0 Å². The molecular weight excluding hydrogens is 216 g/mol. The minimum absolute atomic E-state index is 0.370. The summed E-state index contributed by atoms with van der Waals surface area (Å²) in [7, 11) is -0.296. The minimum Gasteiger partial charge on any atom is -0.392 e. The first kappa shape index (κ1) is 12.9. The summed E-state index contributed by atoms with van der Waals surface area (Å²) in [6.45, 7) is 4.53. The molecule has 1 saturated heterocycles. The Morgan fingerprint density at radius 2 is 1.93 bits per heavy atom. The summed E-state index contributed by atoms with van der Waals surface area (Å²) < 4.78 is 26.3. The molecule has 1 rings (SSSR count). The predicted octanol–water partition coefficient (Wildman–Crippen LogP) is -0.114. The maximum atomic E-state index is 11.9. The van der Waals surface area contributed by atoms with Crippen LogP contribution in [0, 0.1) is 5.41 Å². The fraction of sp³-hybridized carbons (Fsp3) is 1.00. The lowest BCUT2D eigenvalue weighted by atomic mass is 9.82. The topological polar surface area (TPSA) is 60.9 Å². The molecule has 1 aliphatic rings. The van der Waals surface area contributed by atoms with Gasteiger partial charge in [-0.1, -0.05) is 13.8 Å². The molecule has 1 N–H and O–H groups in total. The van der Waals surface area contributed by atoms with Crippen molar-refractivity contribution in [2.24, 2.45) is 5.41 Å². The lowest BCUT2D eigenvalue weighted by Gasteiger charge is -2.41. The van der Waals surface area contributed by atoms with E-state index in [2.05, 4.69) is 0 Å². The summed E-state index contributed by atoms with van der Waals surface area (Å²) in [5.41, 5.74) is -0.374. The van der Waals surface area contributed by atoms with Crippen molar-refractivity contribution in [1.29, 1.82) is 0 Å². The van der Waals surface area contributed by atoms with Gasteiger partial charge in [0.1, 0.15) is 0 Å². The molecule has 0 bridgehead atoms. The molecule has 0 aliphatic carbocycles. The van der Waals surface area contributed by atoms with Gasteiger partial charge in [-0.2, -0.15) is 17.0 Å². The van der Waals surface area contributed by atoms with E-state index in [0.717, 1.165) is 0 Å². The molecule has 1 aliphatic heterocycles. The summed E-state index contributed by atoms with van der Waals surface area (Å²) in [5, 5.41) is 9.72. The van der Waals surface area contributed by atoms with Gasteiger partial charge in [-0.3, -0.25) is 0 Å². The highest BCUT2D eigenvalue weighted by molar-refractivity contribution is 7.86. The fourth-order valence-electron chi connectivity index (χ4n) is 1.72. The number of piperidine rings is 1. The summed E-state index contributed by atoms with van der Waals surface area (Å²) in [4.78, 5) is 0. The molecule has 90 valence electrons. The van der Waals surface area contributed by atoms with E-state index < -0.39 is 16.3 Å². The number of rotatable bonds is 2. The maximum absolute atomic E-state index is 11.9. The summed E-state index contributed by atoms with van der Waals surface area (Å²) >= 11 is 0. The molecule has 6 heteroatoms. The smallest absolute Gasteiger partial charge is 0.281 e. The quantitative estimate of drug-likeness (QED) is 0.727. The van der Waals surface area contributed by atoms with Crippen molar-refractivity contribution < 1.29 is 13.5 Å². The lowest BCUT2D eigenvalue weighted by Crippen LogP contribution is -2.53. The molecular formula is C9H20N2O3S. The van der Waals surface area contributed by atoms with E-state index in [9.17, 15) is 13.5 Å². The van der Waals surface area contributed by atoms with Gasteiger partial charge in [0.05, 0.1) is 6.10 Å². The van der Waals surface area contributed by atoms with Crippen molar-refractivity contribution in [3.8, 4) is 0 Å². The van der Waals surface area contributed by atoms with Gasteiger partial charge in [-0.15, -0.1) is 0 Å². The van der Waals surface area contributed by atoms with Gasteiger partial charge >= 0.3 is 0 Å². The van der Waals surface area contributed by atoms with Crippen LogP contribution < -0.4 is 0 Å². The molecule has 0 aromatic carbocycles. The van der Waals surface area contributed by atoms with Crippen LogP contribution in [0.2, 0.25) is 0 Å². The third kappa shape index (κ3) is 2.50. The Balaban J connectivity index is 2.85. The van der Waals surface area contributed by atoms with Crippen molar-refractivity contribution in [2.45, 2.75) is 26.4 Å². The maximum Gasteiger partial charge on any atom is 0.281 e. The zero-order valence-electron chi connectivity index (χ0n) is 9.77. The lowest BCUT2D eigenvalue weighted by molar-refractivity contribution is -0.00142. The highest BCUT2D eigenvalue weighted by Gasteiger charge is 2.39. The van der Waals surface area contributed by atoms with E-state index in [-0.39, 0.29) is 5.41 Å². The fourth-order valence-corrected chi connectivity index (χ4v) is 3.02. The molecule has 1 fully saturated rings. The molecule has 1 unspecified atom stereocenters. The van der Waals surface area contributed by atoms with Crippen molar-refractivity contribution >= 4 is 10.2 Å². The van der Waals surface area contributed by atoms with Gasteiger partial charge in [0.25, 0.3) is 10.2 Å². The second kappa shape index (κ2) is 4.01. The standard InChI is InChI=1S/C9H20N2O3S/c1-9(2)7-11(6-5-8(9)12)15(13,14)10(3)4/h8,12H,5-7H2,1-4H3. The predicted molar refractivity (Wildman–Crippen MR) is 58.6 cm³/mol. The first-order valence-corrected chi connectivity index (χ1v) is 6.43. The van der Waals surface area contributed by atoms with E-state index in [1.54, 1.807) is 0 Å². The van der Waals surface area contributed by atoms with Crippen molar-refractivity contribution in [3.63, 3.8) is 0 Å². The second-order valence-corrected chi connectivity index (χ2v) is 7.06. The number of nitrogens with zero attached hydrogens (tertiary/aromatic N) is 2. The van der Waals surface area contributed by atoms with Crippen LogP contribution in [0.5, 0.6) is 0 Å². The molecule has 0 aromatic heterocycles. The van der Waals surface area contributed by atoms with Crippen LogP contribution in [0.25, 0.3) is 0 Å². The van der Waals surface area contributed by atoms with Crippen molar-refractivity contribution in [3.05, 3.63) is 0 Å². The monoisotopic (exact) mass is 236 g/mol. The Bertz CT molecular complexity index is 324. The molecule has 0 aromatic rings.